The summed E-state index contributed by atoms with van der Waals surface area (Å²) < 4.78 is 15.7. The molecule has 7 heteroatoms. The molecule has 3 aromatic carbocycles. The second kappa shape index (κ2) is 7.82. The first kappa shape index (κ1) is 18.2. The van der Waals surface area contributed by atoms with E-state index in [1.54, 1.807) is 29.8 Å². The Morgan fingerprint density at radius 1 is 1.04 bits per heavy atom. The predicted octanol–water partition coefficient (Wildman–Crippen LogP) is 4.51. The normalized spacial score (nSPS) is 10.9. The molecule has 0 atom stereocenters. The lowest BCUT2D eigenvalue weighted by Crippen LogP contribution is -2.14. The molecule has 4 aromatic rings. The van der Waals surface area contributed by atoms with Gasteiger partial charge in [-0.25, -0.2) is 4.39 Å². The highest BCUT2D eigenvalue weighted by atomic mass is 32.2. The van der Waals surface area contributed by atoms with E-state index in [0.29, 0.717) is 16.5 Å². The highest BCUT2D eigenvalue weighted by molar-refractivity contribution is 7.99. The van der Waals surface area contributed by atoms with Crippen LogP contribution < -0.4 is 5.32 Å². The number of nitrogens with zero attached hydrogens (tertiary/aromatic N) is 3. The van der Waals surface area contributed by atoms with Gasteiger partial charge in [0, 0.05) is 12.7 Å². The maximum absolute atomic E-state index is 14.0. The van der Waals surface area contributed by atoms with Crippen LogP contribution in [0.3, 0.4) is 0 Å². The van der Waals surface area contributed by atoms with Gasteiger partial charge in [-0.3, -0.25) is 4.79 Å². The number of fused-ring (bicyclic) bond motifs is 1. The van der Waals surface area contributed by atoms with Gasteiger partial charge >= 0.3 is 0 Å². The molecule has 0 fully saturated rings. The number of carbonyl (C=O) groups excluding carboxylic acids is 1. The number of anilines is 1. The van der Waals surface area contributed by atoms with E-state index in [9.17, 15) is 9.18 Å². The summed E-state index contributed by atoms with van der Waals surface area (Å²) in [6, 6.07) is 20.2. The molecule has 1 N–H and O–H groups in total. The molecule has 0 saturated heterocycles. The first-order chi connectivity index (χ1) is 13.6. The summed E-state index contributed by atoms with van der Waals surface area (Å²) in [4.78, 5) is 12.3. The van der Waals surface area contributed by atoms with Crippen LogP contribution in [0.2, 0.25) is 0 Å². The first-order valence-electron chi connectivity index (χ1n) is 8.67. The molecule has 0 bridgehead atoms. The average Bonchev–Trinajstić information content (AvgIpc) is 3.07. The van der Waals surface area contributed by atoms with E-state index >= 15 is 0 Å². The van der Waals surface area contributed by atoms with Gasteiger partial charge in [0.25, 0.3) is 0 Å². The third-order valence-electron chi connectivity index (χ3n) is 4.32. The molecular formula is C21H17FN4OS. The summed E-state index contributed by atoms with van der Waals surface area (Å²) in [5.74, 6) is 0.102. The zero-order chi connectivity index (χ0) is 19.5. The maximum atomic E-state index is 14.0. The fourth-order valence-electron chi connectivity index (χ4n) is 2.91. The lowest BCUT2D eigenvalue weighted by Gasteiger charge is -2.07. The van der Waals surface area contributed by atoms with E-state index in [1.165, 1.54) is 17.8 Å². The van der Waals surface area contributed by atoms with Crippen molar-refractivity contribution >= 4 is 34.1 Å². The second-order valence-corrected chi connectivity index (χ2v) is 7.19. The van der Waals surface area contributed by atoms with Crippen LogP contribution in [0.25, 0.3) is 22.2 Å². The van der Waals surface area contributed by atoms with Gasteiger partial charge in [0.05, 0.1) is 11.3 Å². The van der Waals surface area contributed by atoms with Crippen molar-refractivity contribution in [3.05, 3.63) is 72.5 Å². The minimum Gasteiger partial charge on any atom is -0.325 e. The minimum absolute atomic E-state index is 0.143. The van der Waals surface area contributed by atoms with Crippen molar-refractivity contribution in [2.75, 3.05) is 11.1 Å². The van der Waals surface area contributed by atoms with Gasteiger partial charge in [-0.05, 0) is 35.0 Å². The number of rotatable bonds is 5. The summed E-state index contributed by atoms with van der Waals surface area (Å²) in [5, 5.41) is 13.8. The Labute approximate surface area is 165 Å². The van der Waals surface area contributed by atoms with Gasteiger partial charge in [0.2, 0.25) is 5.91 Å². The van der Waals surface area contributed by atoms with Crippen LogP contribution in [0.4, 0.5) is 10.1 Å². The zero-order valence-corrected chi connectivity index (χ0v) is 15.9. The monoisotopic (exact) mass is 392 g/mol. The number of amides is 1. The Hall–Kier alpha value is -3.19. The Morgan fingerprint density at radius 2 is 1.79 bits per heavy atom. The number of thioether (sulfide) groups is 1. The minimum atomic E-state index is -0.358. The third-order valence-corrected chi connectivity index (χ3v) is 5.34. The molecule has 0 aliphatic rings. The van der Waals surface area contributed by atoms with Crippen LogP contribution >= 0.6 is 11.8 Å². The molecule has 28 heavy (non-hydrogen) atoms. The number of benzene rings is 3. The van der Waals surface area contributed by atoms with Gasteiger partial charge < -0.3 is 9.88 Å². The molecule has 4 rings (SSSR count). The Kier molecular flexibility index (Phi) is 5.08. The molecule has 1 aromatic heterocycles. The number of nitrogens with one attached hydrogen (secondary N) is 1. The summed E-state index contributed by atoms with van der Waals surface area (Å²) in [6.45, 7) is 0. The van der Waals surface area contributed by atoms with Crippen LogP contribution in [0.5, 0.6) is 0 Å². The smallest absolute Gasteiger partial charge is 0.234 e. The van der Waals surface area contributed by atoms with Crippen molar-refractivity contribution < 1.29 is 9.18 Å². The van der Waals surface area contributed by atoms with Crippen LogP contribution in [0, 0.1) is 5.82 Å². The van der Waals surface area contributed by atoms with E-state index in [-0.39, 0.29) is 17.5 Å². The van der Waals surface area contributed by atoms with E-state index in [2.05, 4.69) is 15.5 Å². The van der Waals surface area contributed by atoms with E-state index in [1.807, 2.05) is 42.5 Å². The van der Waals surface area contributed by atoms with Crippen LogP contribution in [-0.4, -0.2) is 26.4 Å². The number of aromatic nitrogens is 3. The molecular weight excluding hydrogens is 375 g/mol. The van der Waals surface area contributed by atoms with Crippen LogP contribution in [-0.2, 0) is 11.8 Å². The molecule has 5 nitrogen and oxygen atoms in total. The molecule has 0 unspecified atom stereocenters. The van der Waals surface area contributed by atoms with Gasteiger partial charge in [-0.15, -0.1) is 10.2 Å². The summed E-state index contributed by atoms with van der Waals surface area (Å²) in [5.41, 5.74) is 1.12. The maximum Gasteiger partial charge on any atom is 0.234 e. The van der Waals surface area contributed by atoms with Gasteiger partial charge in [0.1, 0.15) is 5.82 Å². The van der Waals surface area contributed by atoms with Gasteiger partial charge in [0.15, 0.2) is 11.0 Å². The fraction of sp³-hybridized carbons (Fsp3) is 0.0952. The van der Waals surface area contributed by atoms with Crippen LogP contribution in [0.15, 0.2) is 71.9 Å². The van der Waals surface area contributed by atoms with E-state index in [0.717, 1.165) is 16.5 Å². The Bertz CT molecular complexity index is 1160. The quantitative estimate of drug-likeness (QED) is 0.508. The number of hydrogen-bond acceptors (Lipinski definition) is 4. The Morgan fingerprint density at radius 3 is 2.61 bits per heavy atom. The highest BCUT2D eigenvalue weighted by Crippen LogP contribution is 2.25. The van der Waals surface area contributed by atoms with Gasteiger partial charge in [-0.1, -0.05) is 54.2 Å². The number of carbonyl (C=O) groups is 1. The van der Waals surface area contributed by atoms with E-state index < -0.39 is 0 Å². The molecule has 1 amide bonds. The standard InChI is InChI=1S/C21H17FN4OS/c1-26-20(17-8-4-5-9-18(17)22)24-25-21(26)28-13-19(27)23-16-11-10-14-6-2-3-7-15(14)12-16/h2-12H,13H2,1H3,(H,23,27). The largest absolute Gasteiger partial charge is 0.325 e. The second-order valence-electron chi connectivity index (χ2n) is 6.24. The van der Waals surface area contributed by atoms with Crippen molar-refractivity contribution in [1.82, 2.24) is 14.8 Å². The fourth-order valence-corrected chi connectivity index (χ4v) is 3.62. The van der Waals surface area contributed by atoms with Crippen molar-refractivity contribution in [2.45, 2.75) is 5.16 Å². The number of halogens is 1. The summed E-state index contributed by atoms with van der Waals surface area (Å²) in [6.07, 6.45) is 0. The van der Waals surface area contributed by atoms with Crippen molar-refractivity contribution in [1.29, 1.82) is 0 Å². The highest BCUT2D eigenvalue weighted by Gasteiger charge is 2.15. The molecule has 0 aliphatic carbocycles. The summed E-state index contributed by atoms with van der Waals surface area (Å²) in [7, 11) is 1.76. The van der Waals surface area contributed by atoms with E-state index in [4.69, 9.17) is 0 Å². The molecule has 1 heterocycles. The molecule has 0 spiro atoms. The summed E-state index contributed by atoms with van der Waals surface area (Å²) >= 11 is 1.25. The topological polar surface area (TPSA) is 59.8 Å². The molecule has 0 aliphatic heterocycles. The SMILES string of the molecule is Cn1c(SCC(=O)Nc2ccc3ccccc3c2)nnc1-c1ccccc1F. The molecule has 140 valence electrons. The zero-order valence-electron chi connectivity index (χ0n) is 15.1. The Balaban J connectivity index is 1.43. The molecule has 0 radical (unpaired) electrons. The lowest BCUT2D eigenvalue weighted by molar-refractivity contribution is -0.113. The predicted molar refractivity (Wildman–Crippen MR) is 110 cm³/mol. The lowest BCUT2D eigenvalue weighted by atomic mass is 10.1. The van der Waals surface area contributed by atoms with Crippen molar-refractivity contribution in [2.24, 2.45) is 7.05 Å². The molecule has 0 saturated carbocycles. The van der Waals surface area contributed by atoms with Crippen LogP contribution in [0.1, 0.15) is 0 Å². The first-order valence-corrected chi connectivity index (χ1v) is 9.66. The van der Waals surface area contributed by atoms with Crippen molar-refractivity contribution in [3.8, 4) is 11.4 Å². The van der Waals surface area contributed by atoms with Gasteiger partial charge in [-0.2, -0.15) is 0 Å². The average molecular weight is 392 g/mol. The van der Waals surface area contributed by atoms with Crippen molar-refractivity contribution in [3.63, 3.8) is 0 Å². The number of hydrogen-bond donors (Lipinski definition) is 1. The third kappa shape index (κ3) is 3.75.